The van der Waals surface area contributed by atoms with E-state index in [0.717, 1.165) is 24.6 Å². The number of pyridine rings is 1. The van der Waals surface area contributed by atoms with Crippen molar-refractivity contribution in [1.29, 1.82) is 0 Å². The van der Waals surface area contributed by atoms with Gasteiger partial charge in [0.2, 0.25) is 5.91 Å². The quantitative estimate of drug-likeness (QED) is 0.533. The van der Waals surface area contributed by atoms with Crippen molar-refractivity contribution in [3.8, 4) is 5.69 Å². The van der Waals surface area contributed by atoms with Gasteiger partial charge in [-0.2, -0.15) is 0 Å². The van der Waals surface area contributed by atoms with Crippen molar-refractivity contribution >= 4 is 35.1 Å². The fourth-order valence-corrected chi connectivity index (χ4v) is 4.30. The summed E-state index contributed by atoms with van der Waals surface area (Å²) in [5, 5.41) is 12.5. The highest BCUT2D eigenvalue weighted by Crippen LogP contribution is 2.24. The molecule has 0 unspecified atom stereocenters. The van der Waals surface area contributed by atoms with Crippen LogP contribution in [0.4, 0.5) is 10.2 Å². The number of piperidine rings is 1. The predicted molar refractivity (Wildman–Crippen MR) is 119 cm³/mol. The van der Waals surface area contributed by atoms with E-state index in [0.29, 0.717) is 22.5 Å². The van der Waals surface area contributed by atoms with E-state index in [-0.39, 0.29) is 17.5 Å². The van der Waals surface area contributed by atoms with Crippen LogP contribution in [0.2, 0.25) is 5.02 Å². The summed E-state index contributed by atoms with van der Waals surface area (Å²) in [6.45, 7) is 2.70. The molecule has 0 radical (unpaired) electrons. The van der Waals surface area contributed by atoms with Crippen LogP contribution in [0.25, 0.3) is 5.69 Å². The van der Waals surface area contributed by atoms with Gasteiger partial charge in [-0.1, -0.05) is 29.8 Å². The number of carbonyl (C=O) groups excluding carboxylic acids is 1. The molecule has 4 rings (SSSR count). The summed E-state index contributed by atoms with van der Waals surface area (Å²) < 4.78 is 15.4. The second-order valence-electron chi connectivity index (χ2n) is 7.25. The van der Waals surface area contributed by atoms with E-state index >= 15 is 0 Å². The van der Waals surface area contributed by atoms with Crippen molar-refractivity contribution in [2.75, 3.05) is 24.2 Å². The zero-order chi connectivity index (χ0) is 21.6. The highest BCUT2D eigenvalue weighted by Gasteiger charge is 2.19. The molecule has 1 fully saturated rings. The van der Waals surface area contributed by atoms with Crippen molar-refractivity contribution in [3.63, 3.8) is 0 Å². The van der Waals surface area contributed by atoms with Crippen LogP contribution in [0, 0.1) is 5.82 Å². The summed E-state index contributed by atoms with van der Waals surface area (Å²) in [5.74, 6) is 0.814. The summed E-state index contributed by atoms with van der Waals surface area (Å²) in [4.78, 5) is 18.8. The first-order chi connectivity index (χ1) is 15.1. The Hall–Kier alpha value is -2.49. The highest BCUT2D eigenvalue weighted by molar-refractivity contribution is 7.99. The minimum absolute atomic E-state index is 0.132. The van der Waals surface area contributed by atoms with Crippen LogP contribution in [0.1, 0.15) is 25.1 Å². The van der Waals surface area contributed by atoms with Crippen molar-refractivity contribution in [3.05, 3.63) is 59.3 Å². The number of hydrogen-bond acceptors (Lipinski definition) is 6. The number of nitrogens with zero attached hydrogens (tertiary/aromatic N) is 5. The van der Waals surface area contributed by atoms with E-state index in [9.17, 15) is 9.18 Å². The highest BCUT2D eigenvalue weighted by atomic mass is 35.5. The Balaban J connectivity index is 1.49. The number of likely N-dealkylation sites (tertiary alicyclic amines) is 1. The molecule has 162 valence electrons. The fourth-order valence-electron chi connectivity index (χ4n) is 3.42. The Bertz CT molecular complexity index is 1020. The second kappa shape index (κ2) is 10.2. The molecule has 10 heteroatoms. The van der Waals surface area contributed by atoms with Gasteiger partial charge in [0.1, 0.15) is 11.6 Å². The molecule has 1 amide bonds. The molecule has 3 aromatic rings. The lowest BCUT2D eigenvalue weighted by atomic mass is 10.1. The average Bonchev–Trinajstić information content (AvgIpc) is 3.17. The Morgan fingerprint density at radius 3 is 2.58 bits per heavy atom. The first-order valence-electron chi connectivity index (χ1n) is 10.1. The number of benzene rings is 1. The predicted octanol–water partition coefficient (Wildman–Crippen LogP) is 4.17. The number of thioether (sulfide) groups is 1. The van der Waals surface area contributed by atoms with Crippen LogP contribution in [-0.4, -0.2) is 49.4 Å². The van der Waals surface area contributed by atoms with E-state index < -0.39 is 0 Å². The topological polar surface area (TPSA) is 75.9 Å². The normalized spacial score (nSPS) is 14.5. The van der Waals surface area contributed by atoms with Gasteiger partial charge in [-0.25, -0.2) is 9.37 Å². The van der Waals surface area contributed by atoms with Crippen LogP contribution in [0.15, 0.2) is 47.8 Å². The van der Waals surface area contributed by atoms with Crippen LogP contribution in [0.5, 0.6) is 0 Å². The zero-order valence-electron chi connectivity index (χ0n) is 16.8. The standard InChI is InChI=1S/C21H22ClFN6OS/c22-15-4-9-18(24-12-15)25-20(30)14-31-21-27-26-19(13-28-10-2-1-3-11-28)29(21)17-7-5-16(23)6-8-17/h4-9,12H,1-3,10-11,13-14H2,(H,24,25,30). The Morgan fingerprint density at radius 1 is 1.10 bits per heavy atom. The number of anilines is 1. The van der Waals surface area contributed by atoms with Gasteiger partial charge in [-0.05, 0) is 62.3 Å². The molecule has 0 spiro atoms. The number of aromatic nitrogens is 4. The van der Waals surface area contributed by atoms with Crippen LogP contribution in [0.3, 0.4) is 0 Å². The van der Waals surface area contributed by atoms with Crippen LogP contribution in [-0.2, 0) is 11.3 Å². The number of rotatable bonds is 7. The van der Waals surface area contributed by atoms with E-state index in [2.05, 4.69) is 25.4 Å². The number of nitrogens with one attached hydrogen (secondary N) is 1. The molecule has 2 aromatic heterocycles. The molecule has 1 aliphatic heterocycles. The van der Waals surface area contributed by atoms with Gasteiger partial charge in [0.15, 0.2) is 11.0 Å². The third-order valence-corrected chi connectivity index (χ3v) is 6.08. The van der Waals surface area contributed by atoms with Crippen LogP contribution < -0.4 is 5.32 Å². The van der Waals surface area contributed by atoms with Gasteiger partial charge < -0.3 is 5.32 Å². The Labute approximate surface area is 189 Å². The summed E-state index contributed by atoms with van der Waals surface area (Å²) in [5.41, 5.74) is 0.765. The number of hydrogen-bond donors (Lipinski definition) is 1. The summed E-state index contributed by atoms with van der Waals surface area (Å²) in [6.07, 6.45) is 5.07. The lowest BCUT2D eigenvalue weighted by Crippen LogP contribution is -2.30. The smallest absolute Gasteiger partial charge is 0.236 e. The minimum atomic E-state index is -0.307. The molecule has 1 aliphatic rings. The molecule has 31 heavy (non-hydrogen) atoms. The molecule has 0 bridgehead atoms. The first kappa shape index (κ1) is 21.7. The number of carbonyl (C=O) groups is 1. The lowest BCUT2D eigenvalue weighted by molar-refractivity contribution is -0.113. The molecule has 0 aliphatic carbocycles. The molecule has 1 saturated heterocycles. The van der Waals surface area contributed by atoms with Gasteiger partial charge in [0.05, 0.1) is 17.3 Å². The van der Waals surface area contributed by atoms with E-state index in [1.807, 2.05) is 4.57 Å². The van der Waals surface area contributed by atoms with E-state index in [1.54, 1.807) is 24.3 Å². The van der Waals surface area contributed by atoms with Crippen molar-refractivity contribution in [2.45, 2.75) is 31.0 Å². The Morgan fingerprint density at radius 2 is 1.87 bits per heavy atom. The fraction of sp³-hybridized carbons (Fsp3) is 0.333. The molecule has 0 saturated carbocycles. The first-order valence-corrected chi connectivity index (χ1v) is 11.4. The SMILES string of the molecule is O=C(CSc1nnc(CN2CCCCC2)n1-c1ccc(F)cc1)Nc1ccc(Cl)cn1. The molecule has 1 N–H and O–H groups in total. The van der Waals surface area contributed by atoms with Crippen molar-refractivity contribution in [2.24, 2.45) is 0 Å². The van der Waals surface area contributed by atoms with E-state index in [1.165, 1.54) is 49.4 Å². The number of amides is 1. The van der Waals surface area contributed by atoms with Crippen LogP contribution >= 0.6 is 23.4 Å². The Kier molecular flexibility index (Phi) is 7.16. The molecule has 1 aromatic carbocycles. The lowest BCUT2D eigenvalue weighted by Gasteiger charge is -2.26. The van der Waals surface area contributed by atoms with Gasteiger partial charge >= 0.3 is 0 Å². The third kappa shape index (κ3) is 5.81. The molecule has 7 nitrogen and oxygen atoms in total. The van der Waals surface area contributed by atoms with Gasteiger partial charge in [-0.3, -0.25) is 14.3 Å². The number of halogens is 2. The second-order valence-corrected chi connectivity index (χ2v) is 8.62. The summed E-state index contributed by atoms with van der Waals surface area (Å²) >= 11 is 7.09. The maximum absolute atomic E-state index is 13.5. The third-order valence-electron chi connectivity index (χ3n) is 4.93. The van der Waals surface area contributed by atoms with Gasteiger partial charge in [0, 0.05) is 11.9 Å². The largest absolute Gasteiger partial charge is 0.310 e. The monoisotopic (exact) mass is 460 g/mol. The van der Waals surface area contributed by atoms with Crippen molar-refractivity contribution < 1.29 is 9.18 Å². The summed E-state index contributed by atoms with van der Waals surface area (Å²) in [6, 6.07) is 9.51. The average molecular weight is 461 g/mol. The van der Waals surface area contributed by atoms with E-state index in [4.69, 9.17) is 11.6 Å². The van der Waals surface area contributed by atoms with Gasteiger partial charge in [-0.15, -0.1) is 10.2 Å². The minimum Gasteiger partial charge on any atom is -0.310 e. The maximum atomic E-state index is 13.5. The van der Waals surface area contributed by atoms with Crippen molar-refractivity contribution in [1.82, 2.24) is 24.6 Å². The maximum Gasteiger partial charge on any atom is 0.236 e. The molecule has 3 heterocycles. The zero-order valence-corrected chi connectivity index (χ0v) is 18.4. The molecular weight excluding hydrogens is 439 g/mol. The molecular formula is C21H22ClFN6OS. The molecule has 0 atom stereocenters. The summed E-state index contributed by atoms with van der Waals surface area (Å²) in [7, 11) is 0. The van der Waals surface area contributed by atoms with Gasteiger partial charge in [0.25, 0.3) is 0 Å².